The number of aliphatic hydroxyl groups excluding tert-OH is 1. The van der Waals surface area contributed by atoms with E-state index in [1.165, 1.54) is 13.8 Å². The maximum Gasteiger partial charge on any atom is 0.335 e. The summed E-state index contributed by atoms with van der Waals surface area (Å²) in [5.74, 6) is -0.859. The number of aliphatic hydroxyl groups is 1. The fraction of sp³-hybridized carbons (Fsp3) is 0.538. The summed E-state index contributed by atoms with van der Waals surface area (Å²) < 4.78 is 9.04. The largest absolute Gasteiger partial charge is 0.462 e. The highest BCUT2D eigenvalue weighted by molar-refractivity contribution is 5.87. The van der Waals surface area contributed by atoms with Gasteiger partial charge in [0.15, 0.2) is 6.29 Å². The molecule has 5 heteroatoms. The van der Waals surface area contributed by atoms with E-state index in [-0.39, 0.29) is 11.5 Å². The highest BCUT2D eigenvalue weighted by Crippen LogP contribution is 1.94. The van der Waals surface area contributed by atoms with Crippen molar-refractivity contribution in [3.05, 3.63) is 24.3 Å². The first kappa shape index (κ1) is 18.7. The molecular weight excluding hydrogens is 236 g/mol. The average molecular weight is 258 g/mol. The fourth-order valence-electron chi connectivity index (χ4n) is 0.573. The Hall–Kier alpha value is -1.62. The van der Waals surface area contributed by atoms with Crippen LogP contribution in [-0.2, 0) is 19.1 Å². The molecule has 0 bridgehead atoms. The quantitative estimate of drug-likeness (QED) is 0.463. The zero-order valence-electron chi connectivity index (χ0n) is 11.5. The van der Waals surface area contributed by atoms with Gasteiger partial charge in [-0.05, 0) is 27.2 Å². The Morgan fingerprint density at radius 1 is 1.17 bits per heavy atom. The van der Waals surface area contributed by atoms with Crippen LogP contribution < -0.4 is 0 Å². The van der Waals surface area contributed by atoms with Crippen LogP contribution in [-0.4, -0.2) is 29.9 Å². The second kappa shape index (κ2) is 10.5. The third-order valence-corrected chi connectivity index (χ3v) is 1.41. The van der Waals surface area contributed by atoms with Crippen molar-refractivity contribution in [3.8, 4) is 0 Å². The van der Waals surface area contributed by atoms with Gasteiger partial charge in [0, 0.05) is 11.1 Å². The molecule has 0 saturated carbocycles. The van der Waals surface area contributed by atoms with Crippen LogP contribution in [0.25, 0.3) is 0 Å². The number of rotatable bonds is 5. The first-order valence-electron chi connectivity index (χ1n) is 5.59. The molecule has 1 N–H and O–H groups in total. The Bertz CT molecular complexity index is 305. The molecule has 0 aromatic rings. The zero-order valence-corrected chi connectivity index (χ0v) is 11.5. The number of carbonyl (C=O) groups is 2. The molecule has 1 atom stereocenters. The van der Waals surface area contributed by atoms with Crippen LogP contribution >= 0.6 is 0 Å². The van der Waals surface area contributed by atoms with Crippen molar-refractivity contribution in [2.45, 2.75) is 40.4 Å². The maximum absolute atomic E-state index is 10.6. The lowest BCUT2D eigenvalue weighted by atomic mass is 10.4. The lowest BCUT2D eigenvalue weighted by Crippen LogP contribution is -2.13. The summed E-state index contributed by atoms with van der Waals surface area (Å²) in [4.78, 5) is 21.1. The van der Waals surface area contributed by atoms with Gasteiger partial charge in [0.1, 0.15) is 0 Å². The van der Waals surface area contributed by atoms with Crippen LogP contribution in [0.4, 0.5) is 0 Å². The van der Waals surface area contributed by atoms with Gasteiger partial charge in [-0.25, -0.2) is 9.59 Å². The van der Waals surface area contributed by atoms with Gasteiger partial charge >= 0.3 is 11.9 Å². The van der Waals surface area contributed by atoms with E-state index in [1.807, 2.05) is 6.92 Å². The molecule has 0 radical (unpaired) electrons. The molecule has 1 unspecified atom stereocenters. The summed E-state index contributed by atoms with van der Waals surface area (Å²) in [6.45, 7) is 13.7. The summed E-state index contributed by atoms with van der Waals surface area (Å²) >= 11 is 0. The Balaban J connectivity index is 0. The molecule has 0 aromatic carbocycles. The summed E-state index contributed by atoms with van der Waals surface area (Å²) in [5, 5.41) is 8.49. The van der Waals surface area contributed by atoms with Crippen LogP contribution in [0.1, 0.15) is 34.1 Å². The highest BCUT2D eigenvalue weighted by Gasteiger charge is 2.04. The van der Waals surface area contributed by atoms with E-state index in [0.29, 0.717) is 12.2 Å². The Labute approximate surface area is 108 Å². The van der Waals surface area contributed by atoms with Crippen molar-refractivity contribution in [2.24, 2.45) is 0 Å². The first-order valence-corrected chi connectivity index (χ1v) is 5.59. The van der Waals surface area contributed by atoms with Gasteiger partial charge in [-0.3, -0.25) is 0 Å². The standard InChI is InChI=1S/C7H12O2.C6H10O3/c1-4-5-9-7(8)6(2)3;1-4(2)6(8)9-5(3)7/h2,4-5H2,1,3H3;5,7H,1H2,2-3H3. The van der Waals surface area contributed by atoms with Crippen molar-refractivity contribution in [1.82, 2.24) is 0 Å². The van der Waals surface area contributed by atoms with Crippen molar-refractivity contribution >= 4 is 11.9 Å². The summed E-state index contributed by atoms with van der Waals surface area (Å²) in [5.41, 5.74) is 0.749. The molecular formula is C13H22O5. The topological polar surface area (TPSA) is 72.8 Å². The molecule has 0 aliphatic rings. The number of ether oxygens (including phenoxy) is 2. The van der Waals surface area contributed by atoms with Crippen LogP contribution in [0, 0.1) is 0 Å². The minimum atomic E-state index is -1.05. The van der Waals surface area contributed by atoms with Crippen molar-refractivity contribution in [3.63, 3.8) is 0 Å². The number of hydrogen-bond acceptors (Lipinski definition) is 5. The van der Waals surface area contributed by atoms with Gasteiger partial charge in [0.25, 0.3) is 0 Å². The normalized spacial score (nSPS) is 10.5. The average Bonchev–Trinajstić information content (AvgIpc) is 2.25. The lowest BCUT2D eigenvalue weighted by molar-refractivity contribution is -0.159. The lowest BCUT2D eigenvalue weighted by Gasteiger charge is -2.04. The molecule has 104 valence electrons. The molecule has 0 fully saturated rings. The smallest absolute Gasteiger partial charge is 0.335 e. The minimum Gasteiger partial charge on any atom is -0.462 e. The van der Waals surface area contributed by atoms with Gasteiger partial charge in [-0.2, -0.15) is 0 Å². The predicted molar refractivity (Wildman–Crippen MR) is 68.7 cm³/mol. The zero-order chi connectivity index (χ0) is 14.7. The third-order valence-electron chi connectivity index (χ3n) is 1.41. The van der Waals surface area contributed by atoms with Crippen LogP contribution in [0.15, 0.2) is 24.3 Å². The number of carbonyl (C=O) groups excluding carboxylic acids is 2. The third kappa shape index (κ3) is 12.4. The Morgan fingerprint density at radius 2 is 1.61 bits per heavy atom. The molecule has 18 heavy (non-hydrogen) atoms. The molecule has 0 aromatic heterocycles. The highest BCUT2D eigenvalue weighted by atomic mass is 16.6. The number of hydrogen-bond donors (Lipinski definition) is 1. The van der Waals surface area contributed by atoms with E-state index in [1.54, 1.807) is 6.92 Å². The fourth-order valence-corrected chi connectivity index (χ4v) is 0.573. The first-order chi connectivity index (χ1) is 8.22. The van der Waals surface area contributed by atoms with E-state index >= 15 is 0 Å². The number of esters is 2. The molecule has 0 rings (SSSR count). The molecule has 0 spiro atoms. The van der Waals surface area contributed by atoms with Crippen molar-refractivity contribution in [2.75, 3.05) is 6.61 Å². The molecule has 0 heterocycles. The SMILES string of the molecule is C=C(C)C(=O)OC(C)O.C=C(C)C(=O)OCCC. The van der Waals surface area contributed by atoms with Crippen molar-refractivity contribution < 1.29 is 24.2 Å². The summed E-state index contributed by atoms with van der Waals surface area (Å²) in [7, 11) is 0. The molecule has 0 amide bonds. The van der Waals surface area contributed by atoms with E-state index in [2.05, 4.69) is 17.9 Å². The van der Waals surface area contributed by atoms with Gasteiger partial charge in [0.2, 0.25) is 0 Å². The second-order valence-electron chi connectivity index (χ2n) is 3.70. The van der Waals surface area contributed by atoms with E-state index in [0.717, 1.165) is 6.42 Å². The van der Waals surface area contributed by atoms with E-state index < -0.39 is 12.3 Å². The minimum absolute atomic E-state index is 0.288. The van der Waals surface area contributed by atoms with Crippen LogP contribution in [0.3, 0.4) is 0 Å². The van der Waals surface area contributed by atoms with E-state index in [4.69, 9.17) is 9.84 Å². The van der Waals surface area contributed by atoms with Gasteiger partial charge in [-0.15, -0.1) is 0 Å². The van der Waals surface area contributed by atoms with E-state index in [9.17, 15) is 9.59 Å². The summed E-state index contributed by atoms with van der Waals surface area (Å²) in [6.07, 6.45) is -0.187. The van der Waals surface area contributed by atoms with Gasteiger partial charge in [-0.1, -0.05) is 20.1 Å². The maximum atomic E-state index is 10.6. The van der Waals surface area contributed by atoms with Crippen LogP contribution in [0.2, 0.25) is 0 Å². The van der Waals surface area contributed by atoms with Crippen molar-refractivity contribution in [1.29, 1.82) is 0 Å². The summed E-state index contributed by atoms with van der Waals surface area (Å²) in [6, 6.07) is 0. The molecule has 0 aliphatic carbocycles. The molecule has 5 nitrogen and oxygen atoms in total. The molecule has 0 saturated heterocycles. The molecule has 0 aliphatic heterocycles. The van der Waals surface area contributed by atoms with Crippen LogP contribution in [0.5, 0.6) is 0 Å². The van der Waals surface area contributed by atoms with Gasteiger partial charge < -0.3 is 14.6 Å². The Kier molecular flexibility index (Phi) is 11.0. The predicted octanol–water partition coefficient (Wildman–Crippen LogP) is 1.96. The second-order valence-corrected chi connectivity index (χ2v) is 3.70. The monoisotopic (exact) mass is 258 g/mol. The Morgan fingerprint density at radius 3 is 1.83 bits per heavy atom. The van der Waals surface area contributed by atoms with Gasteiger partial charge in [0.05, 0.1) is 6.61 Å².